The second-order valence-corrected chi connectivity index (χ2v) is 6.24. The van der Waals surface area contributed by atoms with Crippen molar-refractivity contribution < 1.29 is 14.3 Å². The summed E-state index contributed by atoms with van der Waals surface area (Å²) in [5.41, 5.74) is 7.32. The van der Waals surface area contributed by atoms with Crippen LogP contribution in [0.1, 0.15) is 23.7 Å². The zero-order valence-electron chi connectivity index (χ0n) is 14.0. The van der Waals surface area contributed by atoms with Crippen molar-refractivity contribution in [1.29, 1.82) is 0 Å². The summed E-state index contributed by atoms with van der Waals surface area (Å²) in [6.45, 7) is 0.913. The highest BCUT2D eigenvalue weighted by atomic mass is 16.5. The normalized spacial score (nSPS) is 17.0. The molecule has 2 amide bonds. The van der Waals surface area contributed by atoms with E-state index in [2.05, 4.69) is 0 Å². The van der Waals surface area contributed by atoms with E-state index >= 15 is 0 Å². The molecule has 2 aromatic carbocycles. The summed E-state index contributed by atoms with van der Waals surface area (Å²) in [6.07, 6.45) is 0.322. The second-order valence-electron chi connectivity index (χ2n) is 6.24. The number of primary amides is 1. The van der Waals surface area contributed by atoms with Gasteiger partial charge in [-0.2, -0.15) is 0 Å². The molecular weight excluding hydrogens is 316 g/mol. The second kappa shape index (κ2) is 7.94. The molecule has 5 nitrogen and oxygen atoms in total. The standard InChI is InChI=1S/C20H22N2O3/c21-20(24)17-11-12-22(13-17)18(23)14-25-19(15-7-3-1-4-8-15)16-9-5-2-6-10-16/h1-10,17,19H,11-14H2,(H2,21,24)/t17-/m0/s1. The third-order valence-electron chi connectivity index (χ3n) is 4.52. The van der Waals surface area contributed by atoms with Gasteiger partial charge in [0.05, 0.1) is 5.92 Å². The average molecular weight is 338 g/mol. The molecule has 0 unspecified atom stereocenters. The monoisotopic (exact) mass is 338 g/mol. The molecule has 1 heterocycles. The highest BCUT2D eigenvalue weighted by Gasteiger charge is 2.30. The molecule has 5 heteroatoms. The molecule has 1 aliphatic heterocycles. The van der Waals surface area contributed by atoms with Crippen LogP contribution in [0.5, 0.6) is 0 Å². The summed E-state index contributed by atoms with van der Waals surface area (Å²) in [4.78, 5) is 25.3. The fourth-order valence-corrected chi connectivity index (χ4v) is 3.11. The minimum absolute atomic E-state index is 0.0278. The molecule has 0 saturated carbocycles. The van der Waals surface area contributed by atoms with Crippen LogP contribution >= 0.6 is 0 Å². The van der Waals surface area contributed by atoms with E-state index in [-0.39, 0.29) is 30.4 Å². The number of nitrogens with zero attached hydrogens (tertiary/aromatic N) is 1. The van der Waals surface area contributed by atoms with Gasteiger partial charge >= 0.3 is 0 Å². The molecule has 1 saturated heterocycles. The molecule has 3 rings (SSSR count). The number of hydrogen-bond acceptors (Lipinski definition) is 3. The maximum Gasteiger partial charge on any atom is 0.248 e. The highest BCUT2D eigenvalue weighted by molar-refractivity contribution is 5.81. The zero-order valence-corrected chi connectivity index (χ0v) is 14.0. The van der Waals surface area contributed by atoms with Crippen LogP contribution in [0.15, 0.2) is 60.7 Å². The number of carbonyl (C=O) groups excluding carboxylic acids is 2. The van der Waals surface area contributed by atoms with Crippen LogP contribution in [-0.2, 0) is 14.3 Å². The predicted molar refractivity (Wildman–Crippen MR) is 94.6 cm³/mol. The van der Waals surface area contributed by atoms with Gasteiger partial charge in [-0.05, 0) is 17.5 Å². The number of hydrogen-bond donors (Lipinski definition) is 1. The summed E-state index contributed by atoms with van der Waals surface area (Å²) in [7, 11) is 0. The summed E-state index contributed by atoms with van der Waals surface area (Å²) >= 11 is 0. The van der Waals surface area contributed by atoms with Crippen molar-refractivity contribution in [2.45, 2.75) is 12.5 Å². The lowest BCUT2D eigenvalue weighted by atomic mass is 10.0. The van der Waals surface area contributed by atoms with Crippen LogP contribution in [0.4, 0.5) is 0 Å². The Bertz CT molecular complexity index is 679. The van der Waals surface area contributed by atoms with Crippen molar-refractivity contribution in [1.82, 2.24) is 4.90 Å². The smallest absolute Gasteiger partial charge is 0.248 e. The van der Waals surface area contributed by atoms with Gasteiger partial charge in [-0.25, -0.2) is 0 Å². The zero-order chi connectivity index (χ0) is 17.6. The summed E-state index contributed by atoms with van der Waals surface area (Å²) in [5, 5.41) is 0. The largest absolute Gasteiger partial charge is 0.369 e. The molecular formula is C20H22N2O3. The van der Waals surface area contributed by atoms with E-state index in [4.69, 9.17) is 10.5 Å². The maximum atomic E-state index is 12.4. The molecule has 1 aliphatic rings. The number of benzene rings is 2. The third-order valence-corrected chi connectivity index (χ3v) is 4.52. The minimum Gasteiger partial charge on any atom is -0.369 e. The number of carbonyl (C=O) groups is 2. The van der Waals surface area contributed by atoms with Gasteiger partial charge in [0, 0.05) is 13.1 Å². The Morgan fingerprint density at radius 3 is 2.08 bits per heavy atom. The molecule has 130 valence electrons. The first kappa shape index (κ1) is 17.2. The van der Waals surface area contributed by atoms with E-state index in [0.29, 0.717) is 19.5 Å². The number of nitrogens with two attached hydrogens (primary N) is 1. The Balaban J connectivity index is 1.67. The van der Waals surface area contributed by atoms with E-state index < -0.39 is 0 Å². The van der Waals surface area contributed by atoms with Crippen LogP contribution < -0.4 is 5.73 Å². The Morgan fingerprint density at radius 2 is 1.60 bits per heavy atom. The number of ether oxygens (including phenoxy) is 1. The maximum absolute atomic E-state index is 12.4. The van der Waals surface area contributed by atoms with Crippen molar-refractivity contribution in [2.24, 2.45) is 11.7 Å². The Morgan fingerprint density at radius 1 is 1.04 bits per heavy atom. The third kappa shape index (κ3) is 4.25. The Hall–Kier alpha value is -2.66. The highest BCUT2D eigenvalue weighted by Crippen LogP contribution is 2.26. The summed E-state index contributed by atoms with van der Waals surface area (Å²) < 4.78 is 5.98. The van der Waals surface area contributed by atoms with Gasteiger partial charge in [0.15, 0.2) is 0 Å². The molecule has 1 atom stereocenters. The first-order valence-corrected chi connectivity index (χ1v) is 8.43. The van der Waals surface area contributed by atoms with Crippen LogP contribution in [0, 0.1) is 5.92 Å². The predicted octanol–water partition coefficient (Wildman–Crippen LogP) is 2.13. The van der Waals surface area contributed by atoms with Gasteiger partial charge < -0.3 is 15.4 Å². The van der Waals surface area contributed by atoms with E-state index in [1.807, 2.05) is 60.7 Å². The van der Waals surface area contributed by atoms with E-state index in [0.717, 1.165) is 11.1 Å². The molecule has 0 aliphatic carbocycles. The molecule has 25 heavy (non-hydrogen) atoms. The van der Waals surface area contributed by atoms with Crippen molar-refractivity contribution in [3.63, 3.8) is 0 Å². The van der Waals surface area contributed by atoms with Crippen molar-refractivity contribution >= 4 is 11.8 Å². The molecule has 0 aromatic heterocycles. The average Bonchev–Trinajstić information content (AvgIpc) is 3.14. The van der Waals surface area contributed by atoms with Crippen LogP contribution in [0.25, 0.3) is 0 Å². The SMILES string of the molecule is NC(=O)[C@H]1CCN(C(=O)COC(c2ccccc2)c2ccccc2)C1. The van der Waals surface area contributed by atoms with Gasteiger partial charge in [-0.1, -0.05) is 60.7 Å². The summed E-state index contributed by atoms with van der Waals surface area (Å²) in [5.74, 6) is -0.703. The minimum atomic E-state index is -0.345. The van der Waals surface area contributed by atoms with Gasteiger partial charge in [-0.15, -0.1) is 0 Å². The molecule has 0 spiro atoms. The Labute approximate surface area is 147 Å². The van der Waals surface area contributed by atoms with Crippen molar-refractivity contribution in [3.05, 3.63) is 71.8 Å². The number of likely N-dealkylation sites (tertiary alicyclic amines) is 1. The quantitative estimate of drug-likeness (QED) is 0.877. The molecule has 2 aromatic rings. The van der Waals surface area contributed by atoms with Crippen molar-refractivity contribution in [2.75, 3.05) is 19.7 Å². The first-order valence-electron chi connectivity index (χ1n) is 8.43. The fourth-order valence-electron chi connectivity index (χ4n) is 3.11. The lowest BCUT2D eigenvalue weighted by Gasteiger charge is -2.21. The van der Waals surface area contributed by atoms with Crippen LogP contribution in [-0.4, -0.2) is 36.4 Å². The van der Waals surface area contributed by atoms with Crippen LogP contribution in [0.3, 0.4) is 0 Å². The summed E-state index contributed by atoms with van der Waals surface area (Å²) in [6, 6.07) is 19.7. The molecule has 0 bridgehead atoms. The molecule has 1 fully saturated rings. The molecule has 2 N–H and O–H groups in total. The topological polar surface area (TPSA) is 72.6 Å². The lowest BCUT2D eigenvalue weighted by molar-refractivity contribution is -0.136. The lowest BCUT2D eigenvalue weighted by Crippen LogP contribution is -2.34. The van der Waals surface area contributed by atoms with E-state index in [9.17, 15) is 9.59 Å². The van der Waals surface area contributed by atoms with Gasteiger partial charge in [-0.3, -0.25) is 9.59 Å². The fraction of sp³-hybridized carbons (Fsp3) is 0.300. The van der Waals surface area contributed by atoms with Crippen molar-refractivity contribution in [3.8, 4) is 0 Å². The van der Waals surface area contributed by atoms with Crippen LogP contribution in [0.2, 0.25) is 0 Å². The van der Waals surface area contributed by atoms with E-state index in [1.165, 1.54) is 0 Å². The van der Waals surface area contributed by atoms with E-state index in [1.54, 1.807) is 4.90 Å². The first-order chi connectivity index (χ1) is 12.1. The molecule has 0 radical (unpaired) electrons. The van der Waals surface area contributed by atoms with Gasteiger partial charge in [0.25, 0.3) is 0 Å². The number of amides is 2. The van der Waals surface area contributed by atoms with Gasteiger partial charge in [0.2, 0.25) is 11.8 Å². The Kier molecular flexibility index (Phi) is 5.46. The number of rotatable bonds is 6. The van der Waals surface area contributed by atoms with Gasteiger partial charge in [0.1, 0.15) is 12.7 Å².